The Labute approximate surface area is 127 Å². The van der Waals surface area contributed by atoms with E-state index in [-0.39, 0.29) is 0 Å². The summed E-state index contributed by atoms with van der Waals surface area (Å²) in [6, 6.07) is 6.92. The molecule has 1 heterocycles. The average molecular weight is 302 g/mol. The van der Waals surface area contributed by atoms with E-state index in [9.17, 15) is 9.90 Å². The van der Waals surface area contributed by atoms with Crippen molar-refractivity contribution in [1.82, 2.24) is 10.3 Å². The lowest BCUT2D eigenvalue weighted by Crippen LogP contribution is -2.28. The molecule has 2 aromatic rings. The summed E-state index contributed by atoms with van der Waals surface area (Å²) in [7, 11) is 0. The van der Waals surface area contributed by atoms with Gasteiger partial charge in [0.2, 0.25) is 0 Å². The van der Waals surface area contributed by atoms with Crippen LogP contribution < -0.4 is 5.32 Å². The predicted octanol–water partition coefficient (Wildman–Crippen LogP) is 2.86. The number of thiazole rings is 1. The Bertz CT molecular complexity index is 645. The highest BCUT2D eigenvalue weighted by atomic mass is 32.1. The fourth-order valence-corrected chi connectivity index (χ4v) is 3.81. The Hall–Kier alpha value is -1.72. The minimum absolute atomic E-state index is 0.503. The monoisotopic (exact) mass is 302 g/mol. The number of benzene rings is 1. The van der Waals surface area contributed by atoms with Crippen LogP contribution in [0.1, 0.15) is 39.2 Å². The van der Waals surface area contributed by atoms with Crippen molar-refractivity contribution in [2.45, 2.75) is 38.8 Å². The van der Waals surface area contributed by atoms with Gasteiger partial charge in [0, 0.05) is 11.4 Å². The van der Waals surface area contributed by atoms with Crippen molar-refractivity contribution in [1.29, 1.82) is 0 Å². The maximum atomic E-state index is 11.5. The highest BCUT2D eigenvalue weighted by Crippen LogP contribution is 2.27. The molecule has 0 radical (unpaired) electrons. The molecule has 0 fully saturated rings. The number of hydrogen-bond donors (Lipinski definition) is 2. The van der Waals surface area contributed by atoms with Crippen LogP contribution in [0.5, 0.6) is 0 Å². The zero-order chi connectivity index (χ0) is 14.8. The normalized spacial score (nSPS) is 14.9. The van der Waals surface area contributed by atoms with Gasteiger partial charge >= 0.3 is 5.97 Å². The van der Waals surface area contributed by atoms with Gasteiger partial charge in [-0.25, -0.2) is 4.98 Å². The number of aromatic nitrogens is 1. The predicted molar refractivity (Wildman–Crippen MR) is 82.5 cm³/mol. The molecule has 1 unspecified atom stereocenters. The molecule has 0 saturated heterocycles. The molecule has 2 N–H and O–H groups in total. The second-order valence-electron chi connectivity index (χ2n) is 5.40. The molecule has 0 aliphatic heterocycles. The molecule has 1 aliphatic carbocycles. The van der Waals surface area contributed by atoms with Crippen molar-refractivity contribution in [3.63, 3.8) is 0 Å². The molecule has 1 atom stereocenters. The van der Waals surface area contributed by atoms with E-state index in [1.807, 2.05) is 31.2 Å². The van der Waals surface area contributed by atoms with Crippen molar-refractivity contribution in [2.75, 3.05) is 0 Å². The lowest BCUT2D eigenvalue weighted by atomic mass is 10.0. The number of fused-ring (bicyclic) bond motifs is 1. The Morgan fingerprint density at radius 3 is 3.05 bits per heavy atom. The minimum atomic E-state index is -0.857. The van der Waals surface area contributed by atoms with E-state index in [0.29, 0.717) is 6.54 Å². The van der Waals surface area contributed by atoms with E-state index in [4.69, 9.17) is 0 Å². The van der Waals surface area contributed by atoms with Gasteiger partial charge in [0.15, 0.2) is 0 Å². The molecule has 3 rings (SSSR count). The Balaban J connectivity index is 1.72. The Morgan fingerprint density at radius 1 is 1.48 bits per heavy atom. The molecule has 1 aliphatic rings. The van der Waals surface area contributed by atoms with Crippen molar-refractivity contribution in [3.8, 4) is 0 Å². The first kappa shape index (κ1) is 14.2. The summed E-state index contributed by atoms with van der Waals surface area (Å²) in [5.41, 5.74) is 3.06. The zero-order valence-electron chi connectivity index (χ0n) is 11.9. The molecular formula is C16H18N2O2S. The molecule has 110 valence electrons. The van der Waals surface area contributed by atoms with E-state index in [1.165, 1.54) is 17.0 Å². The van der Waals surface area contributed by atoms with E-state index in [0.717, 1.165) is 29.0 Å². The average Bonchev–Trinajstić information content (AvgIpc) is 2.99. The van der Waals surface area contributed by atoms with Gasteiger partial charge in [-0.2, -0.15) is 0 Å². The topological polar surface area (TPSA) is 62.2 Å². The van der Waals surface area contributed by atoms with E-state index in [1.54, 1.807) is 11.3 Å². The number of nitrogens with one attached hydrogen (secondary N) is 1. The Kier molecular flexibility index (Phi) is 4.03. The van der Waals surface area contributed by atoms with E-state index < -0.39 is 12.0 Å². The summed E-state index contributed by atoms with van der Waals surface area (Å²) in [6.07, 6.45) is 3.38. The van der Waals surface area contributed by atoms with Crippen LogP contribution in [0.15, 0.2) is 24.3 Å². The second kappa shape index (κ2) is 5.95. The fraction of sp³-hybridized carbons (Fsp3) is 0.375. The summed E-state index contributed by atoms with van der Waals surface area (Å²) in [6.45, 7) is 2.47. The van der Waals surface area contributed by atoms with Crippen LogP contribution >= 0.6 is 11.3 Å². The highest BCUT2D eigenvalue weighted by molar-refractivity contribution is 7.11. The standard InChI is InChI=1S/C16H18N2O2S/c1-10-4-2-5-11(8-10)15(16(19)20)17-9-14-18-12-6-3-7-13(12)21-14/h2,4-5,8,15,17H,3,6-7,9H2,1H3,(H,19,20). The number of rotatable bonds is 5. The third-order valence-electron chi connectivity index (χ3n) is 3.72. The van der Waals surface area contributed by atoms with Gasteiger partial charge < -0.3 is 5.11 Å². The third-order valence-corrected chi connectivity index (χ3v) is 4.88. The summed E-state index contributed by atoms with van der Waals surface area (Å²) in [5.74, 6) is -0.857. The summed E-state index contributed by atoms with van der Waals surface area (Å²) in [4.78, 5) is 17.5. The molecule has 0 spiro atoms. The van der Waals surface area contributed by atoms with Crippen LogP contribution in [0.3, 0.4) is 0 Å². The number of nitrogens with zero attached hydrogens (tertiary/aromatic N) is 1. The maximum absolute atomic E-state index is 11.5. The molecule has 0 amide bonds. The highest BCUT2D eigenvalue weighted by Gasteiger charge is 2.21. The van der Waals surface area contributed by atoms with Gasteiger partial charge in [0.25, 0.3) is 0 Å². The van der Waals surface area contributed by atoms with Gasteiger partial charge in [-0.05, 0) is 31.7 Å². The van der Waals surface area contributed by atoms with Gasteiger partial charge in [-0.1, -0.05) is 29.8 Å². The zero-order valence-corrected chi connectivity index (χ0v) is 12.7. The van der Waals surface area contributed by atoms with E-state index in [2.05, 4.69) is 10.3 Å². The number of carboxylic acids is 1. The molecule has 4 nitrogen and oxygen atoms in total. The van der Waals surface area contributed by atoms with Crippen LogP contribution in [0.25, 0.3) is 0 Å². The molecule has 0 bridgehead atoms. The first-order valence-electron chi connectivity index (χ1n) is 7.13. The minimum Gasteiger partial charge on any atom is -0.480 e. The van der Waals surface area contributed by atoms with Crippen LogP contribution in [-0.2, 0) is 24.2 Å². The molecular weight excluding hydrogens is 284 g/mol. The quantitative estimate of drug-likeness (QED) is 0.891. The smallest absolute Gasteiger partial charge is 0.325 e. The fourth-order valence-electron chi connectivity index (χ4n) is 2.71. The molecule has 0 saturated carbocycles. The number of hydrogen-bond acceptors (Lipinski definition) is 4. The van der Waals surface area contributed by atoms with Crippen molar-refractivity contribution in [2.24, 2.45) is 0 Å². The van der Waals surface area contributed by atoms with Crippen LogP contribution in [-0.4, -0.2) is 16.1 Å². The number of carboxylic acid groups (broad SMARTS) is 1. The summed E-state index contributed by atoms with van der Waals surface area (Å²) in [5, 5.41) is 13.5. The van der Waals surface area contributed by atoms with E-state index >= 15 is 0 Å². The third kappa shape index (κ3) is 3.14. The van der Waals surface area contributed by atoms with Gasteiger partial charge in [0.05, 0.1) is 5.69 Å². The number of carbonyl (C=O) groups is 1. The maximum Gasteiger partial charge on any atom is 0.325 e. The SMILES string of the molecule is Cc1cccc(C(NCc2nc3c(s2)CCC3)C(=O)O)c1. The summed E-state index contributed by atoms with van der Waals surface area (Å²) >= 11 is 1.71. The number of aliphatic carboxylic acids is 1. The first-order valence-corrected chi connectivity index (χ1v) is 7.95. The summed E-state index contributed by atoms with van der Waals surface area (Å²) < 4.78 is 0. The van der Waals surface area contributed by atoms with Crippen molar-refractivity contribution >= 4 is 17.3 Å². The second-order valence-corrected chi connectivity index (χ2v) is 6.57. The van der Waals surface area contributed by atoms with Gasteiger partial charge in [-0.15, -0.1) is 11.3 Å². The molecule has 1 aromatic heterocycles. The largest absolute Gasteiger partial charge is 0.480 e. The number of aryl methyl sites for hydroxylation is 3. The van der Waals surface area contributed by atoms with Gasteiger partial charge in [0.1, 0.15) is 11.0 Å². The van der Waals surface area contributed by atoms with Crippen LogP contribution in [0.4, 0.5) is 0 Å². The first-order chi connectivity index (χ1) is 10.1. The lowest BCUT2D eigenvalue weighted by Gasteiger charge is -2.14. The molecule has 21 heavy (non-hydrogen) atoms. The van der Waals surface area contributed by atoms with Crippen LogP contribution in [0.2, 0.25) is 0 Å². The van der Waals surface area contributed by atoms with Crippen molar-refractivity contribution < 1.29 is 9.90 Å². The van der Waals surface area contributed by atoms with Crippen LogP contribution in [0, 0.1) is 6.92 Å². The lowest BCUT2D eigenvalue weighted by molar-refractivity contribution is -0.139. The van der Waals surface area contributed by atoms with Crippen molar-refractivity contribution in [3.05, 3.63) is 51.0 Å². The molecule has 5 heteroatoms. The van der Waals surface area contributed by atoms with Gasteiger partial charge in [-0.3, -0.25) is 10.1 Å². The molecule has 1 aromatic carbocycles. The Morgan fingerprint density at radius 2 is 2.33 bits per heavy atom.